The Bertz CT molecular complexity index is 489. The van der Waals surface area contributed by atoms with Gasteiger partial charge in [-0.3, -0.25) is 0 Å². The van der Waals surface area contributed by atoms with Crippen molar-refractivity contribution in [3.63, 3.8) is 0 Å². The van der Waals surface area contributed by atoms with Crippen LogP contribution in [0.2, 0.25) is 5.15 Å². The van der Waals surface area contributed by atoms with Crippen LogP contribution in [0.4, 0.5) is 10.5 Å². The van der Waals surface area contributed by atoms with Gasteiger partial charge in [-0.1, -0.05) is 11.6 Å². The van der Waals surface area contributed by atoms with Gasteiger partial charge in [-0.05, 0) is 34.8 Å². The van der Waals surface area contributed by atoms with Crippen LogP contribution >= 0.6 is 27.5 Å². The van der Waals surface area contributed by atoms with Gasteiger partial charge >= 0.3 is 6.03 Å². The van der Waals surface area contributed by atoms with Gasteiger partial charge in [0.15, 0.2) is 5.15 Å². The molecule has 0 saturated carbocycles. The van der Waals surface area contributed by atoms with Crippen LogP contribution in [-0.2, 0) is 0 Å². The van der Waals surface area contributed by atoms with E-state index in [0.717, 1.165) is 36.1 Å². The Labute approximate surface area is 132 Å². The third-order valence-electron chi connectivity index (χ3n) is 3.31. The van der Waals surface area contributed by atoms with E-state index in [4.69, 9.17) is 11.6 Å². The average molecular weight is 362 g/mol. The summed E-state index contributed by atoms with van der Waals surface area (Å²) in [4.78, 5) is 19.4. The lowest BCUT2D eigenvalue weighted by Gasteiger charge is -2.34. The minimum Gasteiger partial charge on any atom is -0.380 e. The van der Waals surface area contributed by atoms with Gasteiger partial charge in [0.25, 0.3) is 0 Å². The summed E-state index contributed by atoms with van der Waals surface area (Å²) in [5, 5.41) is 3.87. The highest BCUT2D eigenvalue weighted by Crippen LogP contribution is 2.25. The predicted molar refractivity (Wildman–Crippen MR) is 84.2 cm³/mol. The van der Waals surface area contributed by atoms with Gasteiger partial charge in [0.1, 0.15) is 0 Å². The van der Waals surface area contributed by atoms with Gasteiger partial charge in [-0.15, -0.1) is 0 Å². The highest BCUT2D eigenvalue weighted by atomic mass is 79.9. The van der Waals surface area contributed by atoms with Gasteiger partial charge in [0.2, 0.25) is 0 Å². The maximum absolute atomic E-state index is 11.9. The highest BCUT2D eigenvalue weighted by molar-refractivity contribution is 9.10. The lowest BCUT2D eigenvalue weighted by molar-refractivity contribution is 0.158. The van der Waals surface area contributed by atoms with Crippen LogP contribution in [0.15, 0.2) is 16.7 Å². The van der Waals surface area contributed by atoms with E-state index in [1.54, 1.807) is 25.2 Å². The molecule has 1 N–H and O–H groups in total. The molecule has 20 heavy (non-hydrogen) atoms. The second kappa shape index (κ2) is 6.63. The smallest absolute Gasteiger partial charge is 0.319 e. The normalized spacial score (nSPS) is 16.1. The first-order valence-corrected chi connectivity index (χ1v) is 7.68. The summed E-state index contributed by atoms with van der Waals surface area (Å²) in [6.07, 6.45) is 3.48. The number of nitrogens with one attached hydrogen (secondary N) is 1. The van der Waals surface area contributed by atoms with Crippen molar-refractivity contribution >= 4 is 39.2 Å². The molecular formula is C13H18BrClN4O. The van der Waals surface area contributed by atoms with Crippen molar-refractivity contribution in [2.75, 3.05) is 32.5 Å². The zero-order valence-electron chi connectivity index (χ0n) is 11.6. The van der Waals surface area contributed by atoms with Crippen molar-refractivity contribution in [2.45, 2.75) is 18.9 Å². The molecule has 1 saturated heterocycles. The Morgan fingerprint density at radius 2 is 2.15 bits per heavy atom. The van der Waals surface area contributed by atoms with Crippen LogP contribution in [0.3, 0.4) is 0 Å². The maximum Gasteiger partial charge on any atom is 0.319 e. The lowest BCUT2D eigenvalue weighted by Crippen LogP contribution is -2.46. The molecule has 0 radical (unpaired) electrons. The number of urea groups is 1. The summed E-state index contributed by atoms with van der Waals surface area (Å²) in [5.74, 6) is 0. The number of rotatable bonds is 2. The third-order valence-corrected chi connectivity index (χ3v) is 4.05. The molecule has 2 amide bonds. The predicted octanol–water partition coefficient (Wildman–Crippen LogP) is 3.06. The van der Waals surface area contributed by atoms with Crippen LogP contribution in [0.1, 0.15) is 12.8 Å². The number of amides is 2. The molecule has 0 spiro atoms. The van der Waals surface area contributed by atoms with Crippen molar-refractivity contribution in [1.82, 2.24) is 14.8 Å². The van der Waals surface area contributed by atoms with Gasteiger partial charge in [-0.2, -0.15) is 0 Å². The number of carbonyl (C=O) groups excluding carboxylic acids is 1. The summed E-state index contributed by atoms with van der Waals surface area (Å²) in [7, 11) is 3.55. The lowest BCUT2D eigenvalue weighted by atomic mass is 10.1. The Morgan fingerprint density at radius 3 is 2.75 bits per heavy atom. The Hall–Kier alpha value is -1.01. The second-order valence-electron chi connectivity index (χ2n) is 5.07. The van der Waals surface area contributed by atoms with Crippen LogP contribution in [0, 0.1) is 0 Å². The molecular weight excluding hydrogens is 344 g/mol. The molecule has 0 unspecified atom stereocenters. The van der Waals surface area contributed by atoms with E-state index in [1.807, 2.05) is 11.0 Å². The summed E-state index contributed by atoms with van der Waals surface area (Å²) in [5.41, 5.74) is 0.832. The first-order chi connectivity index (χ1) is 9.47. The fourth-order valence-corrected chi connectivity index (χ4v) is 2.73. The molecule has 1 aliphatic rings. The van der Waals surface area contributed by atoms with Crippen LogP contribution in [0.25, 0.3) is 0 Å². The van der Waals surface area contributed by atoms with Crippen LogP contribution < -0.4 is 5.32 Å². The highest BCUT2D eigenvalue weighted by Gasteiger charge is 2.24. The van der Waals surface area contributed by atoms with E-state index in [9.17, 15) is 4.79 Å². The fraction of sp³-hybridized carbons (Fsp3) is 0.538. The van der Waals surface area contributed by atoms with Gasteiger partial charge < -0.3 is 15.1 Å². The topological polar surface area (TPSA) is 48.5 Å². The molecule has 0 bridgehead atoms. The zero-order chi connectivity index (χ0) is 14.7. The quantitative estimate of drug-likeness (QED) is 0.824. The van der Waals surface area contributed by atoms with E-state index in [2.05, 4.69) is 26.2 Å². The van der Waals surface area contributed by atoms with E-state index in [0.29, 0.717) is 11.2 Å². The summed E-state index contributed by atoms with van der Waals surface area (Å²) in [6.45, 7) is 1.52. The number of likely N-dealkylation sites (tertiary alicyclic amines) is 1. The van der Waals surface area contributed by atoms with E-state index in [-0.39, 0.29) is 6.03 Å². The number of piperidine rings is 1. The number of hydrogen-bond donors (Lipinski definition) is 1. The van der Waals surface area contributed by atoms with Crippen molar-refractivity contribution in [1.29, 1.82) is 0 Å². The summed E-state index contributed by atoms with van der Waals surface area (Å²) >= 11 is 9.46. The molecule has 1 fully saturated rings. The van der Waals surface area contributed by atoms with Crippen molar-refractivity contribution in [3.05, 3.63) is 21.9 Å². The molecule has 1 aromatic heterocycles. The molecule has 0 atom stereocenters. The Balaban J connectivity index is 1.91. The Kier molecular flexibility index (Phi) is 5.10. The average Bonchev–Trinajstić information content (AvgIpc) is 2.43. The zero-order valence-corrected chi connectivity index (χ0v) is 13.9. The van der Waals surface area contributed by atoms with E-state index < -0.39 is 0 Å². The second-order valence-corrected chi connectivity index (χ2v) is 6.35. The monoisotopic (exact) mass is 360 g/mol. The molecule has 5 nitrogen and oxygen atoms in total. The summed E-state index contributed by atoms with van der Waals surface area (Å²) < 4.78 is 0.893. The van der Waals surface area contributed by atoms with Crippen LogP contribution in [-0.4, -0.2) is 54.0 Å². The molecule has 2 heterocycles. The number of carbonyl (C=O) groups is 1. The molecule has 1 aliphatic heterocycles. The Morgan fingerprint density at radius 1 is 1.50 bits per heavy atom. The molecule has 7 heteroatoms. The van der Waals surface area contributed by atoms with Gasteiger partial charge in [0.05, 0.1) is 5.69 Å². The first-order valence-electron chi connectivity index (χ1n) is 6.51. The number of halogens is 2. The SMILES string of the molecule is CN(C)C(=O)N1CCC(Nc2cc(Br)cnc2Cl)CC1. The van der Waals surface area contributed by atoms with E-state index >= 15 is 0 Å². The number of nitrogens with zero attached hydrogens (tertiary/aromatic N) is 3. The van der Waals surface area contributed by atoms with E-state index in [1.165, 1.54) is 0 Å². The van der Waals surface area contributed by atoms with Crippen LogP contribution in [0.5, 0.6) is 0 Å². The fourth-order valence-electron chi connectivity index (χ4n) is 2.24. The number of hydrogen-bond acceptors (Lipinski definition) is 3. The molecule has 110 valence electrons. The number of pyridine rings is 1. The summed E-state index contributed by atoms with van der Waals surface area (Å²) in [6, 6.07) is 2.31. The largest absolute Gasteiger partial charge is 0.380 e. The first kappa shape index (κ1) is 15.4. The molecule has 1 aromatic rings. The number of aromatic nitrogens is 1. The number of anilines is 1. The van der Waals surface area contributed by atoms with Crippen molar-refractivity contribution in [2.24, 2.45) is 0 Å². The minimum absolute atomic E-state index is 0.0746. The van der Waals surface area contributed by atoms with Crippen molar-refractivity contribution in [3.8, 4) is 0 Å². The molecule has 0 aromatic carbocycles. The van der Waals surface area contributed by atoms with Gasteiger partial charge in [0, 0.05) is 43.9 Å². The molecule has 2 rings (SSSR count). The third kappa shape index (κ3) is 3.76. The maximum atomic E-state index is 11.9. The van der Waals surface area contributed by atoms with Crippen molar-refractivity contribution < 1.29 is 4.79 Å². The standard InChI is InChI=1S/C13H18BrClN4O/c1-18(2)13(20)19-5-3-10(4-6-19)17-11-7-9(14)8-16-12(11)15/h7-8,10,17H,3-6H2,1-2H3. The molecule has 0 aliphatic carbocycles. The van der Waals surface area contributed by atoms with Gasteiger partial charge in [-0.25, -0.2) is 9.78 Å². The minimum atomic E-state index is 0.0746.